The molecule has 110 valence electrons. The molecule has 1 saturated heterocycles. The number of rotatable bonds is 6. The van der Waals surface area contributed by atoms with Gasteiger partial charge in [0.1, 0.15) is 0 Å². The Morgan fingerprint density at radius 2 is 2.16 bits per heavy atom. The van der Waals surface area contributed by atoms with E-state index in [4.69, 9.17) is 15.7 Å². The minimum Gasteiger partial charge on any atom is -0.409 e. The van der Waals surface area contributed by atoms with Crippen molar-refractivity contribution in [2.75, 3.05) is 19.8 Å². The number of amidine groups is 1. The molecule has 0 spiro atoms. The molecule has 1 amide bonds. The molecule has 4 N–H and O–H groups in total. The van der Waals surface area contributed by atoms with Gasteiger partial charge in [-0.3, -0.25) is 4.79 Å². The molecule has 0 aromatic carbocycles. The van der Waals surface area contributed by atoms with Crippen LogP contribution in [0.5, 0.6) is 0 Å². The molecular formula is C13H25N3O3. The molecule has 1 fully saturated rings. The minimum absolute atomic E-state index is 0.0171. The molecule has 0 aromatic rings. The number of nitrogens with two attached hydrogens (primary N) is 1. The summed E-state index contributed by atoms with van der Waals surface area (Å²) < 4.78 is 5.33. The minimum atomic E-state index is -0.543. The monoisotopic (exact) mass is 271 g/mol. The van der Waals surface area contributed by atoms with Gasteiger partial charge in [-0.15, -0.1) is 0 Å². The SMILES string of the molecule is CCCC(C(=O)NCC1(C)CCOCC1)C(N)=NO. The molecule has 0 aromatic heterocycles. The van der Waals surface area contributed by atoms with Gasteiger partial charge in [-0.05, 0) is 24.7 Å². The molecule has 1 unspecified atom stereocenters. The van der Waals surface area contributed by atoms with Gasteiger partial charge in [-0.2, -0.15) is 0 Å². The van der Waals surface area contributed by atoms with Crippen LogP contribution in [0.15, 0.2) is 5.16 Å². The molecule has 19 heavy (non-hydrogen) atoms. The van der Waals surface area contributed by atoms with Crippen molar-refractivity contribution in [3.8, 4) is 0 Å². The summed E-state index contributed by atoms with van der Waals surface area (Å²) >= 11 is 0. The average molecular weight is 271 g/mol. The lowest BCUT2D eigenvalue weighted by Crippen LogP contribution is -2.44. The first-order valence-electron chi connectivity index (χ1n) is 6.85. The van der Waals surface area contributed by atoms with Crippen LogP contribution in [-0.2, 0) is 9.53 Å². The summed E-state index contributed by atoms with van der Waals surface area (Å²) in [5, 5.41) is 14.6. The summed E-state index contributed by atoms with van der Waals surface area (Å²) in [7, 11) is 0. The lowest BCUT2D eigenvalue weighted by atomic mass is 9.82. The number of nitrogens with one attached hydrogen (secondary N) is 1. The average Bonchev–Trinajstić information content (AvgIpc) is 2.42. The van der Waals surface area contributed by atoms with E-state index in [-0.39, 0.29) is 17.2 Å². The van der Waals surface area contributed by atoms with Gasteiger partial charge in [0.25, 0.3) is 0 Å². The Morgan fingerprint density at radius 3 is 2.68 bits per heavy atom. The van der Waals surface area contributed by atoms with Gasteiger partial charge >= 0.3 is 0 Å². The van der Waals surface area contributed by atoms with E-state index in [1.54, 1.807) is 0 Å². The van der Waals surface area contributed by atoms with Crippen molar-refractivity contribution in [3.63, 3.8) is 0 Å². The molecule has 0 saturated carbocycles. The topological polar surface area (TPSA) is 96.9 Å². The van der Waals surface area contributed by atoms with Crippen LogP contribution in [0.4, 0.5) is 0 Å². The van der Waals surface area contributed by atoms with E-state index in [9.17, 15) is 4.79 Å². The van der Waals surface area contributed by atoms with Gasteiger partial charge in [0.2, 0.25) is 5.91 Å². The van der Waals surface area contributed by atoms with Gasteiger partial charge in [0.05, 0.1) is 5.92 Å². The van der Waals surface area contributed by atoms with Crippen LogP contribution >= 0.6 is 0 Å². The highest BCUT2D eigenvalue weighted by Crippen LogP contribution is 2.28. The van der Waals surface area contributed by atoms with Gasteiger partial charge in [-0.25, -0.2) is 0 Å². The van der Waals surface area contributed by atoms with Crippen LogP contribution in [0.25, 0.3) is 0 Å². The molecule has 1 atom stereocenters. The first-order valence-corrected chi connectivity index (χ1v) is 6.85. The van der Waals surface area contributed by atoms with E-state index < -0.39 is 5.92 Å². The largest absolute Gasteiger partial charge is 0.409 e. The maximum absolute atomic E-state index is 12.1. The number of carbonyl (C=O) groups excluding carboxylic acids is 1. The van der Waals surface area contributed by atoms with E-state index >= 15 is 0 Å². The second kappa shape index (κ2) is 7.33. The van der Waals surface area contributed by atoms with Gasteiger partial charge in [0, 0.05) is 19.8 Å². The summed E-state index contributed by atoms with van der Waals surface area (Å²) in [6, 6.07) is 0. The zero-order valence-corrected chi connectivity index (χ0v) is 11.8. The van der Waals surface area contributed by atoms with Crippen LogP contribution < -0.4 is 11.1 Å². The fourth-order valence-electron chi connectivity index (χ4n) is 2.24. The van der Waals surface area contributed by atoms with Crippen molar-refractivity contribution in [2.24, 2.45) is 22.2 Å². The third-order valence-electron chi connectivity index (χ3n) is 3.76. The summed E-state index contributed by atoms with van der Waals surface area (Å²) in [6.45, 7) is 6.20. The van der Waals surface area contributed by atoms with Gasteiger partial charge in [0.15, 0.2) is 5.84 Å². The Bertz CT molecular complexity index is 325. The Balaban J connectivity index is 2.52. The molecule has 1 aliphatic rings. The van der Waals surface area contributed by atoms with Crippen LogP contribution in [0.3, 0.4) is 0 Å². The lowest BCUT2D eigenvalue weighted by Gasteiger charge is -2.34. The van der Waals surface area contributed by atoms with E-state index in [1.165, 1.54) is 0 Å². The van der Waals surface area contributed by atoms with Crippen molar-refractivity contribution in [2.45, 2.75) is 39.5 Å². The third-order valence-corrected chi connectivity index (χ3v) is 3.76. The van der Waals surface area contributed by atoms with E-state index in [0.717, 1.165) is 32.5 Å². The molecule has 6 nitrogen and oxygen atoms in total. The van der Waals surface area contributed by atoms with Crippen LogP contribution in [0.2, 0.25) is 0 Å². The van der Waals surface area contributed by atoms with Crippen LogP contribution in [0, 0.1) is 11.3 Å². The number of ether oxygens (including phenoxy) is 1. The maximum Gasteiger partial charge on any atom is 0.230 e. The van der Waals surface area contributed by atoms with Crippen molar-refractivity contribution in [3.05, 3.63) is 0 Å². The van der Waals surface area contributed by atoms with Crippen molar-refractivity contribution in [1.29, 1.82) is 0 Å². The molecular weight excluding hydrogens is 246 g/mol. The summed E-state index contributed by atoms with van der Waals surface area (Å²) in [6.07, 6.45) is 3.27. The first-order chi connectivity index (χ1) is 9.02. The third kappa shape index (κ3) is 4.70. The van der Waals surface area contributed by atoms with E-state index in [0.29, 0.717) is 13.0 Å². The highest BCUT2D eigenvalue weighted by atomic mass is 16.5. The number of hydrogen-bond acceptors (Lipinski definition) is 4. The highest BCUT2D eigenvalue weighted by molar-refractivity contribution is 6.02. The zero-order valence-electron chi connectivity index (χ0n) is 11.8. The Kier molecular flexibility index (Phi) is 6.08. The van der Waals surface area contributed by atoms with Crippen molar-refractivity contribution in [1.82, 2.24) is 5.32 Å². The molecule has 1 aliphatic heterocycles. The molecule has 1 heterocycles. The predicted molar refractivity (Wildman–Crippen MR) is 73.0 cm³/mol. The standard InChI is InChI=1S/C13H25N3O3/c1-3-4-10(11(14)16-18)12(17)15-9-13(2)5-7-19-8-6-13/h10,18H,3-9H2,1-2H3,(H2,14,16)(H,15,17). The fraction of sp³-hybridized carbons (Fsp3) is 0.846. The first kappa shape index (κ1) is 15.8. The summed E-state index contributed by atoms with van der Waals surface area (Å²) in [4.78, 5) is 12.1. The number of hydrogen-bond donors (Lipinski definition) is 3. The van der Waals surface area contributed by atoms with Gasteiger partial charge in [-0.1, -0.05) is 25.4 Å². The molecule has 6 heteroatoms. The highest BCUT2D eigenvalue weighted by Gasteiger charge is 2.29. The van der Waals surface area contributed by atoms with Crippen LogP contribution in [-0.4, -0.2) is 36.7 Å². The second-order valence-corrected chi connectivity index (χ2v) is 5.51. The smallest absolute Gasteiger partial charge is 0.230 e. The van der Waals surface area contributed by atoms with Crippen molar-refractivity contribution >= 4 is 11.7 Å². The van der Waals surface area contributed by atoms with Crippen molar-refractivity contribution < 1.29 is 14.7 Å². The Hall–Kier alpha value is -1.30. The Morgan fingerprint density at radius 1 is 1.53 bits per heavy atom. The van der Waals surface area contributed by atoms with E-state index in [2.05, 4.69) is 17.4 Å². The predicted octanol–water partition coefficient (Wildman–Crippen LogP) is 1.08. The fourth-order valence-corrected chi connectivity index (χ4v) is 2.24. The molecule has 0 radical (unpaired) electrons. The van der Waals surface area contributed by atoms with Gasteiger partial charge < -0.3 is 21.0 Å². The van der Waals surface area contributed by atoms with Crippen LogP contribution in [0.1, 0.15) is 39.5 Å². The number of oxime groups is 1. The quantitative estimate of drug-likeness (QED) is 0.291. The zero-order chi connectivity index (χ0) is 14.3. The molecule has 0 bridgehead atoms. The number of nitrogens with zero attached hydrogens (tertiary/aromatic N) is 1. The summed E-state index contributed by atoms with van der Waals surface area (Å²) in [5.41, 5.74) is 5.64. The molecule has 1 rings (SSSR count). The van der Waals surface area contributed by atoms with E-state index in [1.807, 2.05) is 6.92 Å². The molecule has 0 aliphatic carbocycles. The lowest BCUT2D eigenvalue weighted by molar-refractivity contribution is -0.124. The Labute approximate surface area is 114 Å². The normalized spacial score (nSPS) is 20.8. The number of amides is 1. The summed E-state index contributed by atoms with van der Waals surface area (Å²) in [5.74, 6) is -0.722. The number of carbonyl (C=O) groups is 1. The maximum atomic E-state index is 12.1. The second-order valence-electron chi connectivity index (χ2n) is 5.51.